The fourth-order valence-corrected chi connectivity index (χ4v) is 3.20. The first kappa shape index (κ1) is 19.7. The standard InChI is InChI=1S/C16H16ClF3N2O2S/c1-10-13(8-11-4-2-3-5-12(11)17)25-15(21-10)22-14(23)6-7-24-9-16(18,19)20/h2-5H,6-9H2,1H3,(H,21,22,23). The van der Waals surface area contributed by atoms with E-state index in [0.717, 1.165) is 16.1 Å². The number of thiazole rings is 1. The summed E-state index contributed by atoms with van der Waals surface area (Å²) >= 11 is 7.45. The molecule has 1 N–H and O–H groups in total. The van der Waals surface area contributed by atoms with Crippen LogP contribution in [0, 0.1) is 6.92 Å². The molecule has 2 aromatic rings. The summed E-state index contributed by atoms with van der Waals surface area (Å²) in [6, 6.07) is 7.45. The first-order valence-electron chi connectivity index (χ1n) is 7.38. The monoisotopic (exact) mass is 392 g/mol. The predicted octanol–water partition coefficient (Wildman–Crippen LogP) is 4.60. The van der Waals surface area contributed by atoms with Gasteiger partial charge < -0.3 is 10.1 Å². The molecule has 0 atom stereocenters. The molecule has 0 spiro atoms. The Hall–Kier alpha value is -1.64. The molecule has 0 saturated heterocycles. The molecule has 0 fully saturated rings. The van der Waals surface area contributed by atoms with Crippen molar-refractivity contribution in [3.8, 4) is 0 Å². The third-order valence-corrected chi connectivity index (χ3v) is 4.63. The zero-order chi connectivity index (χ0) is 18.4. The quantitative estimate of drug-likeness (QED) is 0.700. The molecule has 136 valence electrons. The fourth-order valence-electron chi connectivity index (χ4n) is 1.99. The largest absolute Gasteiger partial charge is 0.411 e. The zero-order valence-electron chi connectivity index (χ0n) is 13.3. The lowest BCUT2D eigenvalue weighted by atomic mass is 10.1. The van der Waals surface area contributed by atoms with Crippen LogP contribution in [0.5, 0.6) is 0 Å². The van der Waals surface area contributed by atoms with E-state index in [0.29, 0.717) is 16.6 Å². The van der Waals surface area contributed by atoms with Crippen molar-refractivity contribution in [1.82, 2.24) is 4.98 Å². The Morgan fingerprint density at radius 2 is 2.08 bits per heavy atom. The van der Waals surface area contributed by atoms with E-state index >= 15 is 0 Å². The molecule has 1 aromatic carbocycles. The van der Waals surface area contributed by atoms with Crippen molar-refractivity contribution in [2.75, 3.05) is 18.5 Å². The van der Waals surface area contributed by atoms with Gasteiger partial charge in [0.25, 0.3) is 0 Å². The molecule has 0 aliphatic carbocycles. The van der Waals surface area contributed by atoms with Crippen LogP contribution in [0.3, 0.4) is 0 Å². The van der Waals surface area contributed by atoms with Gasteiger partial charge in [-0.3, -0.25) is 4.79 Å². The number of aromatic nitrogens is 1. The summed E-state index contributed by atoms with van der Waals surface area (Å²) in [4.78, 5) is 17.0. The van der Waals surface area contributed by atoms with Gasteiger partial charge in [0, 0.05) is 16.3 Å². The van der Waals surface area contributed by atoms with Crippen molar-refractivity contribution in [2.24, 2.45) is 0 Å². The van der Waals surface area contributed by atoms with Crippen LogP contribution in [-0.4, -0.2) is 30.3 Å². The molecule has 0 aliphatic rings. The SMILES string of the molecule is Cc1nc(NC(=O)CCOCC(F)(F)F)sc1Cc1ccccc1Cl. The van der Waals surface area contributed by atoms with E-state index in [1.807, 2.05) is 25.1 Å². The number of ether oxygens (including phenoxy) is 1. The average Bonchev–Trinajstić information content (AvgIpc) is 2.85. The maximum Gasteiger partial charge on any atom is 0.411 e. The molecule has 25 heavy (non-hydrogen) atoms. The van der Waals surface area contributed by atoms with Gasteiger partial charge in [0.15, 0.2) is 5.13 Å². The van der Waals surface area contributed by atoms with Crippen LogP contribution >= 0.6 is 22.9 Å². The number of hydrogen-bond acceptors (Lipinski definition) is 4. The van der Waals surface area contributed by atoms with Crippen molar-refractivity contribution < 1.29 is 22.7 Å². The van der Waals surface area contributed by atoms with Gasteiger partial charge >= 0.3 is 6.18 Å². The number of carbonyl (C=O) groups is 1. The number of nitrogens with one attached hydrogen (secondary N) is 1. The van der Waals surface area contributed by atoms with Gasteiger partial charge in [-0.2, -0.15) is 13.2 Å². The lowest BCUT2D eigenvalue weighted by Crippen LogP contribution is -2.20. The second-order valence-electron chi connectivity index (χ2n) is 5.26. The third kappa shape index (κ3) is 6.64. The second kappa shape index (κ2) is 8.64. The summed E-state index contributed by atoms with van der Waals surface area (Å²) in [5.74, 6) is -0.444. The van der Waals surface area contributed by atoms with Gasteiger partial charge in [-0.25, -0.2) is 4.98 Å². The van der Waals surface area contributed by atoms with E-state index in [1.54, 1.807) is 6.07 Å². The molecule has 1 heterocycles. The number of amides is 1. The summed E-state index contributed by atoms with van der Waals surface area (Å²) in [6.07, 6.45) is -3.97. The Bertz CT molecular complexity index is 734. The van der Waals surface area contributed by atoms with Gasteiger partial charge in [0.2, 0.25) is 5.91 Å². The third-order valence-electron chi connectivity index (χ3n) is 3.19. The zero-order valence-corrected chi connectivity index (χ0v) is 14.9. The van der Waals surface area contributed by atoms with Crippen molar-refractivity contribution >= 4 is 34.0 Å². The average molecular weight is 393 g/mol. The van der Waals surface area contributed by atoms with Gasteiger partial charge in [-0.05, 0) is 18.6 Å². The Kier molecular flexibility index (Phi) is 6.80. The molecule has 2 rings (SSSR count). The molecule has 1 amide bonds. The van der Waals surface area contributed by atoms with Crippen molar-refractivity contribution in [3.05, 3.63) is 45.4 Å². The predicted molar refractivity (Wildman–Crippen MR) is 91.2 cm³/mol. The normalized spacial score (nSPS) is 11.6. The molecule has 1 aromatic heterocycles. The van der Waals surface area contributed by atoms with Gasteiger partial charge in [-0.15, -0.1) is 11.3 Å². The van der Waals surface area contributed by atoms with Gasteiger partial charge in [-0.1, -0.05) is 29.8 Å². The number of anilines is 1. The van der Waals surface area contributed by atoms with Crippen LogP contribution < -0.4 is 5.32 Å². The van der Waals surface area contributed by atoms with E-state index in [2.05, 4.69) is 15.0 Å². The number of halogens is 4. The van der Waals surface area contributed by atoms with Crippen LogP contribution in [0.1, 0.15) is 22.6 Å². The highest BCUT2D eigenvalue weighted by Crippen LogP contribution is 2.27. The maximum atomic E-state index is 11.9. The number of benzene rings is 1. The number of alkyl halides is 3. The first-order chi connectivity index (χ1) is 11.7. The van der Waals surface area contributed by atoms with E-state index in [4.69, 9.17) is 11.6 Å². The number of rotatable bonds is 7. The molecule has 0 unspecified atom stereocenters. The molecule has 4 nitrogen and oxygen atoms in total. The van der Waals surface area contributed by atoms with Gasteiger partial charge in [0.05, 0.1) is 18.7 Å². The lowest BCUT2D eigenvalue weighted by molar-refractivity contribution is -0.174. The summed E-state index contributed by atoms with van der Waals surface area (Å²) in [7, 11) is 0. The topological polar surface area (TPSA) is 51.2 Å². The summed E-state index contributed by atoms with van der Waals surface area (Å²) in [5, 5.41) is 3.63. The van der Waals surface area contributed by atoms with Crippen LogP contribution in [0.15, 0.2) is 24.3 Å². The summed E-state index contributed by atoms with van der Waals surface area (Å²) < 4.78 is 40.2. The van der Waals surface area contributed by atoms with Crippen LogP contribution in [0.25, 0.3) is 0 Å². The maximum absolute atomic E-state index is 11.9. The molecule has 9 heteroatoms. The molecule has 0 bridgehead atoms. The summed E-state index contributed by atoms with van der Waals surface area (Å²) in [5.41, 5.74) is 1.72. The highest BCUT2D eigenvalue weighted by atomic mass is 35.5. The minimum Gasteiger partial charge on any atom is -0.372 e. The number of carbonyl (C=O) groups excluding carboxylic acids is 1. The van der Waals surface area contributed by atoms with Crippen molar-refractivity contribution in [3.63, 3.8) is 0 Å². The lowest BCUT2D eigenvalue weighted by Gasteiger charge is -2.07. The fraction of sp³-hybridized carbons (Fsp3) is 0.375. The van der Waals surface area contributed by atoms with Crippen LogP contribution in [-0.2, 0) is 16.0 Å². The molecule has 0 aliphatic heterocycles. The Balaban J connectivity index is 1.87. The Labute approximate surface area is 152 Å². The van der Waals surface area contributed by atoms with Crippen LogP contribution in [0.4, 0.5) is 18.3 Å². The summed E-state index contributed by atoms with van der Waals surface area (Å²) in [6.45, 7) is 0.158. The van der Waals surface area contributed by atoms with E-state index in [9.17, 15) is 18.0 Å². The minimum atomic E-state index is -4.39. The minimum absolute atomic E-state index is 0.172. The Morgan fingerprint density at radius 1 is 1.36 bits per heavy atom. The molecular formula is C16H16ClF3N2O2S. The van der Waals surface area contributed by atoms with Crippen LogP contribution in [0.2, 0.25) is 5.02 Å². The van der Waals surface area contributed by atoms with Crippen molar-refractivity contribution in [1.29, 1.82) is 0 Å². The molecule has 0 saturated carbocycles. The highest BCUT2D eigenvalue weighted by molar-refractivity contribution is 7.15. The van der Waals surface area contributed by atoms with Gasteiger partial charge in [0.1, 0.15) is 6.61 Å². The smallest absolute Gasteiger partial charge is 0.372 e. The first-order valence-corrected chi connectivity index (χ1v) is 8.58. The van der Waals surface area contributed by atoms with E-state index in [-0.39, 0.29) is 13.0 Å². The Morgan fingerprint density at radius 3 is 2.76 bits per heavy atom. The molecule has 0 radical (unpaired) electrons. The molecular weight excluding hydrogens is 377 g/mol. The number of hydrogen-bond donors (Lipinski definition) is 1. The second-order valence-corrected chi connectivity index (χ2v) is 6.75. The number of aryl methyl sites for hydroxylation is 1. The van der Waals surface area contributed by atoms with E-state index in [1.165, 1.54) is 11.3 Å². The van der Waals surface area contributed by atoms with E-state index < -0.39 is 18.7 Å². The number of nitrogens with zero attached hydrogens (tertiary/aromatic N) is 1. The highest BCUT2D eigenvalue weighted by Gasteiger charge is 2.27. The van der Waals surface area contributed by atoms with Crippen molar-refractivity contribution in [2.45, 2.75) is 25.9 Å².